The number of hydrogen-bond acceptors (Lipinski definition) is 1. The smallest absolute Gasteiger partial charge is 0.251 e. The number of carbonyl (C=O) groups is 1. The van der Waals surface area contributed by atoms with Crippen molar-refractivity contribution < 1.29 is 4.79 Å². The van der Waals surface area contributed by atoms with Crippen molar-refractivity contribution in [3.05, 3.63) is 78.2 Å². The number of benzene rings is 2. The second-order valence-corrected chi connectivity index (χ2v) is 3.82. The number of rotatable bonds is 3. The molecular weight excluding hydrogens is 210 g/mol. The lowest BCUT2D eigenvalue weighted by atomic mass is 10.1. The first-order valence-corrected chi connectivity index (χ1v) is 5.50. The van der Waals surface area contributed by atoms with E-state index in [4.69, 9.17) is 0 Å². The summed E-state index contributed by atoms with van der Waals surface area (Å²) in [6.07, 6.45) is 0. The van der Waals surface area contributed by atoms with Gasteiger partial charge in [-0.15, -0.1) is 0 Å². The Kier molecular flexibility index (Phi) is 3.55. The van der Waals surface area contributed by atoms with Crippen LogP contribution in [-0.4, -0.2) is 5.91 Å². The summed E-state index contributed by atoms with van der Waals surface area (Å²) in [5.74, 6) is -0.0612. The van der Waals surface area contributed by atoms with Crippen molar-refractivity contribution >= 4 is 5.91 Å². The minimum Gasteiger partial charge on any atom is -0.348 e. The van der Waals surface area contributed by atoms with Crippen LogP contribution in [0.3, 0.4) is 0 Å². The van der Waals surface area contributed by atoms with Crippen molar-refractivity contribution in [3.8, 4) is 0 Å². The van der Waals surface area contributed by atoms with Gasteiger partial charge in [-0.3, -0.25) is 4.79 Å². The summed E-state index contributed by atoms with van der Waals surface area (Å²) in [7, 11) is 0. The van der Waals surface area contributed by atoms with E-state index in [9.17, 15) is 4.79 Å². The van der Waals surface area contributed by atoms with Crippen LogP contribution in [0.25, 0.3) is 0 Å². The first kappa shape index (κ1) is 11.4. The average molecular weight is 224 g/mol. The van der Waals surface area contributed by atoms with Gasteiger partial charge in [-0.1, -0.05) is 42.5 Å². The molecule has 0 spiro atoms. The topological polar surface area (TPSA) is 29.1 Å². The number of nitrogens with one attached hydrogen (secondary N) is 1. The third-order valence-corrected chi connectivity index (χ3v) is 2.59. The summed E-state index contributed by atoms with van der Waals surface area (Å²) in [4.78, 5) is 11.8. The van der Waals surface area contributed by atoms with Crippen LogP contribution in [0.1, 0.15) is 21.5 Å². The molecule has 0 saturated heterocycles. The predicted octanol–water partition coefficient (Wildman–Crippen LogP) is 2.80. The Bertz CT molecular complexity index is 505. The van der Waals surface area contributed by atoms with Crippen molar-refractivity contribution in [1.29, 1.82) is 0 Å². The molecular formula is C15H14NO. The number of carbonyl (C=O) groups excluding carboxylic acids is 1. The maximum atomic E-state index is 11.8. The molecule has 0 unspecified atom stereocenters. The Labute approximate surface area is 101 Å². The van der Waals surface area contributed by atoms with Gasteiger partial charge in [0.2, 0.25) is 0 Å². The van der Waals surface area contributed by atoms with E-state index in [1.54, 1.807) is 12.1 Å². The molecule has 0 aliphatic rings. The summed E-state index contributed by atoms with van der Waals surface area (Å²) in [5, 5.41) is 2.88. The maximum absolute atomic E-state index is 11.8. The van der Waals surface area contributed by atoms with E-state index >= 15 is 0 Å². The molecule has 2 aromatic rings. The molecule has 1 amide bonds. The molecule has 2 nitrogen and oxygen atoms in total. The van der Waals surface area contributed by atoms with Gasteiger partial charge in [0, 0.05) is 12.1 Å². The van der Waals surface area contributed by atoms with Crippen LogP contribution in [-0.2, 0) is 6.54 Å². The summed E-state index contributed by atoms with van der Waals surface area (Å²) >= 11 is 0. The third kappa shape index (κ3) is 2.94. The molecule has 0 atom stereocenters. The van der Waals surface area contributed by atoms with E-state index in [0.29, 0.717) is 12.1 Å². The van der Waals surface area contributed by atoms with Gasteiger partial charge in [0.15, 0.2) is 0 Å². The zero-order chi connectivity index (χ0) is 12.1. The molecule has 1 N–H and O–H groups in total. The summed E-state index contributed by atoms with van der Waals surface area (Å²) in [6.45, 7) is 4.43. The first-order valence-electron chi connectivity index (χ1n) is 5.50. The molecule has 17 heavy (non-hydrogen) atoms. The van der Waals surface area contributed by atoms with Crippen LogP contribution in [0, 0.1) is 6.92 Å². The van der Waals surface area contributed by atoms with Gasteiger partial charge < -0.3 is 5.32 Å². The summed E-state index contributed by atoms with van der Waals surface area (Å²) in [6, 6.07) is 17.0. The fraction of sp³-hybridized carbons (Fsp3) is 0.0667. The summed E-state index contributed by atoms with van der Waals surface area (Å²) < 4.78 is 0. The fourth-order valence-corrected chi connectivity index (χ4v) is 1.60. The standard InChI is InChI=1S/C15H14NO/c1-12-7-5-6-10-14(12)11-16-15(17)13-8-3-2-4-9-13/h2-10H,1,11H2,(H,16,17). The minimum atomic E-state index is -0.0612. The Morgan fingerprint density at radius 3 is 2.35 bits per heavy atom. The van der Waals surface area contributed by atoms with Crippen molar-refractivity contribution in [2.45, 2.75) is 6.54 Å². The molecule has 0 aromatic heterocycles. The molecule has 85 valence electrons. The van der Waals surface area contributed by atoms with E-state index in [1.807, 2.05) is 42.5 Å². The molecule has 2 rings (SSSR count). The number of hydrogen-bond donors (Lipinski definition) is 1. The van der Waals surface area contributed by atoms with E-state index in [0.717, 1.165) is 11.1 Å². The fourth-order valence-electron chi connectivity index (χ4n) is 1.60. The molecule has 0 aliphatic heterocycles. The highest BCUT2D eigenvalue weighted by Crippen LogP contribution is 2.06. The molecule has 0 aliphatic carbocycles. The van der Waals surface area contributed by atoms with Gasteiger partial charge in [0.05, 0.1) is 0 Å². The molecule has 0 saturated carbocycles. The Morgan fingerprint density at radius 1 is 1.00 bits per heavy atom. The Morgan fingerprint density at radius 2 is 1.65 bits per heavy atom. The van der Waals surface area contributed by atoms with Crippen LogP contribution in [0.2, 0.25) is 0 Å². The van der Waals surface area contributed by atoms with Gasteiger partial charge in [0.25, 0.3) is 5.91 Å². The minimum absolute atomic E-state index is 0.0612. The monoisotopic (exact) mass is 224 g/mol. The molecule has 1 radical (unpaired) electrons. The average Bonchev–Trinajstić information content (AvgIpc) is 2.38. The maximum Gasteiger partial charge on any atom is 0.251 e. The lowest BCUT2D eigenvalue weighted by molar-refractivity contribution is 0.0951. The van der Waals surface area contributed by atoms with Crippen LogP contribution in [0.15, 0.2) is 54.6 Å². The normalized spacial score (nSPS) is 9.94. The number of amides is 1. The van der Waals surface area contributed by atoms with E-state index in [1.165, 1.54) is 0 Å². The molecule has 0 heterocycles. The van der Waals surface area contributed by atoms with Crippen LogP contribution in [0.5, 0.6) is 0 Å². The zero-order valence-corrected chi connectivity index (χ0v) is 9.52. The van der Waals surface area contributed by atoms with Gasteiger partial charge in [-0.05, 0) is 30.2 Å². The van der Waals surface area contributed by atoms with Gasteiger partial charge >= 0.3 is 0 Å². The van der Waals surface area contributed by atoms with Crippen LogP contribution < -0.4 is 5.32 Å². The molecule has 0 fully saturated rings. The van der Waals surface area contributed by atoms with E-state index in [2.05, 4.69) is 12.2 Å². The van der Waals surface area contributed by atoms with Gasteiger partial charge in [-0.25, -0.2) is 0 Å². The summed E-state index contributed by atoms with van der Waals surface area (Å²) in [5.41, 5.74) is 2.66. The van der Waals surface area contributed by atoms with Crippen molar-refractivity contribution in [3.63, 3.8) is 0 Å². The second kappa shape index (κ2) is 5.30. The molecule has 2 heteroatoms. The zero-order valence-electron chi connectivity index (χ0n) is 9.52. The van der Waals surface area contributed by atoms with Crippen LogP contribution >= 0.6 is 0 Å². The third-order valence-electron chi connectivity index (χ3n) is 2.59. The highest BCUT2D eigenvalue weighted by atomic mass is 16.1. The highest BCUT2D eigenvalue weighted by Gasteiger charge is 2.04. The van der Waals surface area contributed by atoms with E-state index in [-0.39, 0.29) is 5.91 Å². The quantitative estimate of drug-likeness (QED) is 0.853. The van der Waals surface area contributed by atoms with Gasteiger partial charge in [0.1, 0.15) is 0 Å². The lowest BCUT2D eigenvalue weighted by Gasteiger charge is -2.07. The van der Waals surface area contributed by atoms with Gasteiger partial charge in [-0.2, -0.15) is 0 Å². The Hall–Kier alpha value is -2.09. The van der Waals surface area contributed by atoms with Crippen molar-refractivity contribution in [2.24, 2.45) is 0 Å². The van der Waals surface area contributed by atoms with Crippen molar-refractivity contribution in [2.75, 3.05) is 0 Å². The van der Waals surface area contributed by atoms with E-state index < -0.39 is 0 Å². The molecule has 2 aromatic carbocycles. The first-order chi connectivity index (χ1) is 8.27. The second-order valence-electron chi connectivity index (χ2n) is 3.82. The van der Waals surface area contributed by atoms with Crippen molar-refractivity contribution in [1.82, 2.24) is 5.32 Å². The van der Waals surface area contributed by atoms with Crippen LogP contribution in [0.4, 0.5) is 0 Å². The SMILES string of the molecule is [CH2]c1ccccc1CNC(=O)c1ccccc1. The predicted molar refractivity (Wildman–Crippen MR) is 68.5 cm³/mol. The molecule has 0 bridgehead atoms. The lowest BCUT2D eigenvalue weighted by Crippen LogP contribution is -2.23. The Balaban J connectivity index is 2.00. The largest absolute Gasteiger partial charge is 0.348 e. The highest BCUT2D eigenvalue weighted by molar-refractivity contribution is 5.94.